The fraction of sp³-hybridized carbons (Fsp3) is 0.933. The van der Waals surface area contributed by atoms with Gasteiger partial charge < -0.3 is 15.0 Å². The molecule has 1 aliphatic heterocycles. The third-order valence-corrected chi connectivity index (χ3v) is 4.43. The second-order valence-electron chi connectivity index (χ2n) is 5.88. The maximum absolute atomic E-state index is 11.5. The molecule has 2 fully saturated rings. The van der Waals surface area contributed by atoms with Crippen molar-refractivity contribution in [2.45, 2.75) is 51.5 Å². The van der Waals surface area contributed by atoms with Gasteiger partial charge in [0.2, 0.25) is 5.91 Å². The van der Waals surface area contributed by atoms with Crippen molar-refractivity contribution in [1.29, 1.82) is 0 Å². The zero-order valence-corrected chi connectivity index (χ0v) is 12.2. The Bertz CT molecular complexity index is 277. The van der Waals surface area contributed by atoms with Gasteiger partial charge >= 0.3 is 0 Å². The summed E-state index contributed by atoms with van der Waals surface area (Å²) in [5, 5.41) is 2.99. The van der Waals surface area contributed by atoms with E-state index in [0.29, 0.717) is 12.5 Å². The first-order valence-electron chi connectivity index (χ1n) is 7.88. The molecule has 1 aliphatic carbocycles. The van der Waals surface area contributed by atoms with E-state index in [2.05, 4.69) is 10.2 Å². The molecule has 19 heavy (non-hydrogen) atoms. The SMILES string of the molecule is CCOCC(=O)NCC1CCN(C2CCCCC2)C1. The number of amides is 1. The van der Waals surface area contributed by atoms with Crippen molar-refractivity contribution in [2.75, 3.05) is 32.8 Å². The Labute approximate surface area is 116 Å². The van der Waals surface area contributed by atoms with Gasteiger partial charge in [0, 0.05) is 25.7 Å². The largest absolute Gasteiger partial charge is 0.372 e. The van der Waals surface area contributed by atoms with Gasteiger partial charge in [0.05, 0.1) is 0 Å². The van der Waals surface area contributed by atoms with E-state index in [9.17, 15) is 4.79 Å². The Morgan fingerprint density at radius 2 is 2.05 bits per heavy atom. The van der Waals surface area contributed by atoms with Crippen LogP contribution in [-0.2, 0) is 9.53 Å². The number of nitrogens with zero attached hydrogens (tertiary/aromatic N) is 1. The van der Waals surface area contributed by atoms with E-state index in [1.807, 2.05) is 6.92 Å². The van der Waals surface area contributed by atoms with Crippen LogP contribution in [0.1, 0.15) is 45.4 Å². The van der Waals surface area contributed by atoms with Crippen LogP contribution < -0.4 is 5.32 Å². The highest BCUT2D eigenvalue weighted by atomic mass is 16.5. The molecule has 1 unspecified atom stereocenters. The monoisotopic (exact) mass is 268 g/mol. The van der Waals surface area contributed by atoms with Gasteiger partial charge in [-0.05, 0) is 38.6 Å². The van der Waals surface area contributed by atoms with Crippen LogP contribution in [0.25, 0.3) is 0 Å². The highest BCUT2D eigenvalue weighted by molar-refractivity contribution is 5.77. The van der Waals surface area contributed by atoms with Crippen molar-refractivity contribution < 1.29 is 9.53 Å². The summed E-state index contributed by atoms with van der Waals surface area (Å²) in [5.74, 6) is 0.658. The van der Waals surface area contributed by atoms with Crippen molar-refractivity contribution in [3.63, 3.8) is 0 Å². The van der Waals surface area contributed by atoms with Gasteiger partial charge in [0.25, 0.3) is 0 Å². The molecule has 0 radical (unpaired) electrons. The average Bonchev–Trinajstić information content (AvgIpc) is 2.93. The van der Waals surface area contributed by atoms with E-state index in [1.165, 1.54) is 51.6 Å². The summed E-state index contributed by atoms with van der Waals surface area (Å²) in [6.07, 6.45) is 8.20. The van der Waals surface area contributed by atoms with Crippen LogP contribution in [0.15, 0.2) is 0 Å². The molecule has 1 saturated carbocycles. The molecule has 110 valence electrons. The third kappa shape index (κ3) is 4.77. The lowest BCUT2D eigenvalue weighted by Gasteiger charge is -2.31. The fourth-order valence-corrected chi connectivity index (χ4v) is 3.31. The second kappa shape index (κ2) is 7.85. The van der Waals surface area contributed by atoms with Crippen molar-refractivity contribution in [3.8, 4) is 0 Å². The average molecular weight is 268 g/mol. The van der Waals surface area contributed by atoms with Crippen LogP contribution in [0, 0.1) is 5.92 Å². The molecule has 0 aromatic carbocycles. The van der Waals surface area contributed by atoms with E-state index in [0.717, 1.165) is 12.6 Å². The van der Waals surface area contributed by atoms with Gasteiger partial charge in [-0.15, -0.1) is 0 Å². The number of likely N-dealkylation sites (tertiary alicyclic amines) is 1. The minimum atomic E-state index is 0.0259. The Balaban J connectivity index is 1.63. The van der Waals surface area contributed by atoms with Crippen LogP contribution in [0.5, 0.6) is 0 Å². The highest BCUT2D eigenvalue weighted by Crippen LogP contribution is 2.27. The molecule has 2 aliphatic rings. The summed E-state index contributed by atoms with van der Waals surface area (Å²) >= 11 is 0. The molecule has 4 nitrogen and oxygen atoms in total. The number of carbonyl (C=O) groups is 1. The molecule has 1 saturated heterocycles. The van der Waals surface area contributed by atoms with Gasteiger partial charge in [-0.2, -0.15) is 0 Å². The molecule has 1 atom stereocenters. The van der Waals surface area contributed by atoms with Crippen LogP contribution in [-0.4, -0.2) is 49.7 Å². The first-order chi connectivity index (χ1) is 9.29. The Morgan fingerprint density at radius 3 is 2.79 bits per heavy atom. The minimum absolute atomic E-state index is 0.0259. The number of carbonyl (C=O) groups excluding carboxylic acids is 1. The van der Waals surface area contributed by atoms with Crippen molar-refractivity contribution in [2.24, 2.45) is 5.92 Å². The summed E-state index contributed by atoms with van der Waals surface area (Å²) in [6, 6.07) is 0.817. The standard InChI is InChI=1S/C15H28N2O2/c1-2-19-12-15(18)16-10-13-8-9-17(11-13)14-6-4-3-5-7-14/h13-14H,2-12H2,1H3,(H,16,18). The van der Waals surface area contributed by atoms with E-state index < -0.39 is 0 Å². The number of hydrogen-bond donors (Lipinski definition) is 1. The summed E-state index contributed by atoms with van der Waals surface area (Å²) in [7, 11) is 0. The molecule has 1 N–H and O–H groups in total. The number of ether oxygens (including phenoxy) is 1. The van der Waals surface area contributed by atoms with Gasteiger partial charge in [-0.3, -0.25) is 4.79 Å². The molecule has 0 aromatic heterocycles. The van der Waals surface area contributed by atoms with Crippen LogP contribution in [0.3, 0.4) is 0 Å². The zero-order valence-electron chi connectivity index (χ0n) is 12.2. The van der Waals surface area contributed by atoms with Gasteiger partial charge in [-0.1, -0.05) is 19.3 Å². The minimum Gasteiger partial charge on any atom is -0.372 e. The fourth-order valence-electron chi connectivity index (χ4n) is 3.31. The molecule has 2 rings (SSSR count). The molecule has 4 heteroatoms. The van der Waals surface area contributed by atoms with E-state index in [1.54, 1.807) is 0 Å². The summed E-state index contributed by atoms with van der Waals surface area (Å²) in [6.45, 7) is 5.92. The molecule has 0 spiro atoms. The third-order valence-electron chi connectivity index (χ3n) is 4.43. The number of hydrogen-bond acceptors (Lipinski definition) is 3. The quantitative estimate of drug-likeness (QED) is 0.798. The molecule has 1 amide bonds. The number of rotatable bonds is 6. The van der Waals surface area contributed by atoms with Gasteiger partial charge in [0.15, 0.2) is 0 Å². The summed E-state index contributed by atoms with van der Waals surface area (Å²) in [5.41, 5.74) is 0. The van der Waals surface area contributed by atoms with Crippen molar-refractivity contribution in [3.05, 3.63) is 0 Å². The van der Waals surface area contributed by atoms with E-state index in [-0.39, 0.29) is 12.5 Å². The predicted octanol–water partition coefficient (Wildman–Crippen LogP) is 1.79. The topological polar surface area (TPSA) is 41.6 Å². The maximum atomic E-state index is 11.5. The van der Waals surface area contributed by atoms with Crippen LogP contribution >= 0.6 is 0 Å². The molecule has 1 heterocycles. The predicted molar refractivity (Wildman–Crippen MR) is 76.1 cm³/mol. The summed E-state index contributed by atoms with van der Waals surface area (Å²) < 4.78 is 5.10. The highest BCUT2D eigenvalue weighted by Gasteiger charge is 2.28. The smallest absolute Gasteiger partial charge is 0.246 e. The molecule has 0 bridgehead atoms. The first-order valence-corrected chi connectivity index (χ1v) is 7.88. The first kappa shape index (κ1) is 14.8. The Morgan fingerprint density at radius 1 is 1.26 bits per heavy atom. The van der Waals surface area contributed by atoms with E-state index in [4.69, 9.17) is 4.74 Å². The van der Waals surface area contributed by atoms with Crippen molar-refractivity contribution in [1.82, 2.24) is 10.2 Å². The summed E-state index contributed by atoms with van der Waals surface area (Å²) in [4.78, 5) is 14.1. The van der Waals surface area contributed by atoms with Crippen molar-refractivity contribution >= 4 is 5.91 Å². The van der Waals surface area contributed by atoms with Crippen LogP contribution in [0.4, 0.5) is 0 Å². The lowest BCUT2D eigenvalue weighted by atomic mass is 9.94. The van der Waals surface area contributed by atoms with Crippen LogP contribution in [0.2, 0.25) is 0 Å². The van der Waals surface area contributed by atoms with Gasteiger partial charge in [0.1, 0.15) is 6.61 Å². The zero-order chi connectivity index (χ0) is 13.5. The normalized spacial score (nSPS) is 25.6. The molecular formula is C15H28N2O2. The molecular weight excluding hydrogens is 240 g/mol. The lowest BCUT2D eigenvalue weighted by Crippen LogP contribution is -2.37. The van der Waals surface area contributed by atoms with E-state index >= 15 is 0 Å². The number of nitrogens with one attached hydrogen (secondary N) is 1. The maximum Gasteiger partial charge on any atom is 0.246 e. The molecule has 0 aromatic rings. The van der Waals surface area contributed by atoms with Gasteiger partial charge in [-0.25, -0.2) is 0 Å². The Kier molecular flexibility index (Phi) is 6.11. The Hall–Kier alpha value is -0.610. The lowest BCUT2D eigenvalue weighted by molar-refractivity contribution is -0.125. The second-order valence-corrected chi connectivity index (χ2v) is 5.88.